The van der Waals surface area contributed by atoms with Gasteiger partial charge in [-0.3, -0.25) is 19.9 Å². The highest BCUT2D eigenvalue weighted by Gasteiger charge is 2.32. The Morgan fingerprint density at radius 3 is 2.50 bits per heavy atom. The van der Waals surface area contributed by atoms with Crippen LogP contribution in [0.2, 0.25) is 0 Å². The lowest BCUT2D eigenvalue weighted by Gasteiger charge is -2.27. The van der Waals surface area contributed by atoms with Gasteiger partial charge in [0.05, 0.1) is 11.9 Å². The lowest BCUT2D eigenvalue weighted by Crippen LogP contribution is -2.40. The van der Waals surface area contributed by atoms with Gasteiger partial charge in [0, 0.05) is 34.0 Å². The van der Waals surface area contributed by atoms with Gasteiger partial charge in [-0.05, 0) is 36.8 Å². The topological polar surface area (TPSA) is 82.0 Å². The van der Waals surface area contributed by atoms with Gasteiger partial charge in [0.2, 0.25) is 0 Å². The Morgan fingerprint density at radius 1 is 1.00 bits per heavy atom. The molecule has 1 aliphatic heterocycles. The maximum Gasteiger partial charge on any atom is 0.261 e. The average molecular weight is 373 g/mol. The lowest BCUT2D eigenvalue weighted by atomic mass is 9.93. The van der Waals surface area contributed by atoms with Crippen molar-refractivity contribution in [3.8, 4) is 5.75 Å². The summed E-state index contributed by atoms with van der Waals surface area (Å²) >= 11 is 0. The second kappa shape index (κ2) is 7.15. The van der Waals surface area contributed by atoms with Crippen LogP contribution >= 0.6 is 0 Å². The van der Waals surface area contributed by atoms with Crippen molar-refractivity contribution in [1.82, 2.24) is 4.90 Å². The van der Waals surface area contributed by atoms with Crippen molar-refractivity contribution in [1.29, 1.82) is 0 Å². The first-order valence-corrected chi connectivity index (χ1v) is 9.10. The molecule has 140 valence electrons. The second-order valence-electron chi connectivity index (χ2n) is 6.58. The van der Waals surface area contributed by atoms with Crippen molar-refractivity contribution in [2.75, 3.05) is 12.0 Å². The number of phenolic OH excluding ortho intramolecular Hbond substituents is 1. The molecule has 1 heterocycles. The van der Waals surface area contributed by atoms with Gasteiger partial charge in [-0.25, -0.2) is 0 Å². The predicted octanol–water partition coefficient (Wildman–Crippen LogP) is 4.00. The third kappa shape index (κ3) is 2.89. The van der Waals surface area contributed by atoms with Gasteiger partial charge in [0.1, 0.15) is 5.75 Å². The van der Waals surface area contributed by atoms with E-state index >= 15 is 0 Å². The molecule has 0 saturated carbocycles. The molecule has 28 heavy (non-hydrogen) atoms. The van der Waals surface area contributed by atoms with E-state index in [9.17, 15) is 14.7 Å². The van der Waals surface area contributed by atoms with E-state index < -0.39 is 0 Å². The molecule has 3 aromatic carbocycles. The van der Waals surface area contributed by atoms with E-state index in [1.54, 1.807) is 42.5 Å². The lowest BCUT2D eigenvalue weighted by molar-refractivity contribution is 0.0610. The van der Waals surface area contributed by atoms with E-state index in [0.29, 0.717) is 40.7 Å². The molecule has 0 aromatic heterocycles. The molecule has 3 aromatic rings. The SMILES string of the molecule is CCCN1C(=O)c2cccc3c(N/N=C/c4ccccc4O)ccc(c23)C1=O. The molecule has 0 fully saturated rings. The van der Waals surface area contributed by atoms with Gasteiger partial charge in [0.25, 0.3) is 11.8 Å². The fraction of sp³-hybridized carbons (Fsp3) is 0.136. The summed E-state index contributed by atoms with van der Waals surface area (Å²) in [5.41, 5.74) is 5.26. The van der Waals surface area contributed by atoms with Crippen LogP contribution in [0.1, 0.15) is 39.6 Å². The Bertz CT molecular complexity index is 1100. The van der Waals surface area contributed by atoms with E-state index in [4.69, 9.17) is 0 Å². The van der Waals surface area contributed by atoms with E-state index in [-0.39, 0.29) is 17.6 Å². The summed E-state index contributed by atoms with van der Waals surface area (Å²) in [6.07, 6.45) is 2.23. The first kappa shape index (κ1) is 17.7. The number of nitrogens with one attached hydrogen (secondary N) is 1. The Labute approximate surface area is 162 Å². The van der Waals surface area contributed by atoms with Crippen molar-refractivity contribution in [3.05, 3.63) is 71.3 Å². The van der Waals surface area contributed by atoms with Crippen molar-refractivity contribution >= 4 is 34.5 Å². The minimum atomic E-state index is -0.264. The molecule has 6 heteroatoms. The molecule has 0 saturated heterocycles. The molecule has 0 atom stereocenters. The fourth-order valence-corrected chi connectivity index (χ4v) is 3.44. The number of benzene rings is 3. The maximum absolute atomic E-state index is 12.8. The maximum atomic E-state index is 12.8. The van der Waals surface area contributed by atoms with Gasteiger partial charge in [-0.2, -0.15) is 5.10 Å². The number of para-hydroxylation sites is 1. The van der Waals surface area contributed by atoms with Crippen LogP contribution in [0.15, 0.2) is 59.7 Å². The molecule has 0 spiro atoms. The third-order valence-electron chi connectivity index (χ3n) is 4.76. The van der Waals surface area contributed by atoms with Crippen LogP contribution in [0.4, 0.5) is 5.69 Å². The number of phenols is 1. The Kier molecular flexibility index (Phi) is 4.53. The minimum Gasteiger partial charge on any atom is -0.507 e. The van der Waals surface area contributed by atoms with E-state index in [1.807, 2.05) is 19.1 Å². The Balaban J connectivity index is 1.74. The van der Waals surface area contributed by atoms with Crippen molar-refractivity contribution in [3.63, 3.8) is 0 Å². The molecule has 4 rings (SSSR count). The van der Waals surface area contributed by atoms with Crippen LogP contribution in [0.3, 0.4) is 0 Å². The quantitative estimate of drug-likeness (QED) is 0.402. The summed E-state index contributed by atoms with van der Waals surface area (Å²) in [5.74, 6) is -0.392. The van der Waals surface area contributed by atoms with Crippen molar-refractivity contribution < 1.29 is 14.7 Å². The first-order valence-electron chi connectivity index (χ1n) is 9.10. The zero-order chi connectivity index (χ0) is 19.7. The molecule has 6 nitrogen and oxygen atoms in total. The van der Waals surface area contributed by atoms with E-state index in [1.165, 1.54) is 11.1 Å². The van der Waals surface area contributed by atoms with Gasteiger partial charge in [0.15, 0.2) is 0 Å². The van der Waals surface area contributed by atoms with E-state index in [0.717, 1.165) is 5.39 Å². The van der Waals surface area contributed by atoms with Crippen LogP contribution in [0, 0.1) is 0 Å². The number of amides is 2. The standard InChI is InChI=1S/C22H19N3O3/c1-2-12-25-21(27)16-8-5-7-15-18(11-10-17(20(15)16)22(25)28)24-23-13-14-6-3-4-9-19(14)26/h3-11,13,24,26H,2,12H2,1H3/b23-13+. The zero-order valence-electron chi connectivity index (χ0n) is 15.3. The van der Waals surface area contributed by atoms with Gasteiger partial charge in [-0.15, -0.1) is 0 Å². The minimum absolute atomic E-state index is 0.136. The number of hydrogen-bond acceptors (Lipinski definition) is 5. The highest BCUT2D eigenvalue weighted by molar-refractivity contribution is 6.26. The number of rotatable bonds is 5. The largest absolute Gasteiger partial charge is 0.507 e. The summed E-state index contributed by atoms with van der Waals surface area (Å²) in [4.78, 5) is 26.9. The number of anilines is 1. The van der Waals surface area contributed by atoms with Crippen LogP contribution in [-0.2, 0) is 0 Å². The predicted molar refractivity (Wildman–Crippen MR) is 109 cm³/mol. The summed E-state index contributed by atoms with van der Waals surface area (Å²) < 4.78 is 0. The van der Waals surface area contributed by atoms with Gasteiger partial charge in [-0.1, -0.05) is 31.2 Å². The highest BCUT2D eigenvalue weighted by atomic mass is 16.3. The smallest absolute Gasteiger partial charge is 0.261 e. The molecule has 2 amide bonds. The number of hydrazone groups is 1. The number of hydrogen-bond donors (Lipinski definition) is 2. The van der Waals surface area contributed by atoms with Crippen LogP contribution in [-0.4, -0.2) is 34.6 Å². The monoisotopic (exact) mass is 373 g/mol. The second-order valence-corrected chi connectivity index (χ2v) is 6.58. The fourth-order valence-electron chi connectivity index (χ4n) is 3.44. The Hall–Kier alpha value is -3.67. The number of carbonyl (C=O) groups is 2. The normalized spacial score (nSPS) is 13.5. The highest BCUT2D eigenvalue weighted by Crippen LogP contribution is 2.34. The first-order chi connectivity index (χ1) is 13.6. The summed E-state index contributed by atoms with van der Waals surface area (Å²) in [5, 5.41) is 15.4. The molecule has 2 N–H and O–H groups in total. The van der Waals surface area contributed by atoms with Gasteiger partial charge < -0.3 is 5.11 Å². The average Bonchev–Trinajstić information content (AvgIpc) is 2.71. The molecule has 0 aliphatic carbocycles. The van der Waals surface area contributed by atoms with Crippen LogP contribution in [0.5, 0.6) is 5.75 Å². The Morgan fingerprint density at radius 2 is 1.75 bits per heavy atom. The molecular formula is C22H19N3O3. The summed E-state index contributed by atoms with van der Waals surface area (Å²) in [7, 11) is 0. The zero-order valence-corrected chi connectivity index (χ0v) is 15.3. The van der Waals surface area contributed by atoms with Crippen LogP contribution < -0.4 is 5.43 Å². The van der Waals surface area contributed by atoms with Gasteiger partial charge >= 0.3 is 0 Å². The van der Waals surface area contributed by atoms with Crippen LogP contribution in [0.25, 0.3) is 10.8 Å². The van der Waals surface area contributed by atoms with Crippen molar-refractivity contribution in [2.45, 2.75) is 13.3 Å². The molecular weight excluding hydrogens is 354 g/mol. The van der Waals surface area contributed by atoms with E-state index in [2.05, 4.69) is 10.5 Å². The van der Waals surface area contributed by atoms with Crippen molar-refractivity contribution in [2.24, 2.45) is 5.10 Å². The summed E-state index contributed by atoms with van der Waals surface area (Å²) in [6, 6.07) is 15.8. The number of aromatic hydroxyl groups is 1. The molecule has 0 unspecified atom stereocenters. The third-order valence-corrected chi connectivity index (χ3v) is 4.76. The molecule has 1 aliphatic rings. The number of nitrogens with zero attached hydrogens (tertiary/aromatic N) is 2. The number of carbonyl (C=O) groups excluding carboxylic acids is 2. The molecule has 0 radical (unpaired) electrons. The summed E-state index contributed by atoms with van der Waals surface area (Å²) in [6.45, 7) is 2.34. The molecule has 0 bridgehead atoms. The number of imide groups is 1.